The predicted molar refractivity (Wildman–Crippen MR) is 46.1 cm³/mol. The van der Waals surface area contributed by atoms with E-state index in [1.54, 1.807) is 17.5 Å². The van der Waals surface area contributed by atoms with Gasteiger partial charge >= 0.3 is 0 Å². The molecule has 0 aliphatic carbocycles. The zero-order valence-electron chi connectivity index (χ0n) is 7.48. The van der Waals surface area contributed by atoms with Crippen LogP contribution in [-0.2, 0) is 16.0 Å². The van der Waals surface area contributed by atoms with Crippen molar-refractivity contribution in [3.05, 3.63) is 22.4 Å². The van der Waals surface area contributed by atoms with Gasteiger partial charge in [0.25, 0.3) is 0 Å². The molecule has 0 bridgehead atoms. The molecule has 0 spiro atoms. The summed E-state index contributed by atoms with van der Waals surface area (Å²) in [6.07, 6.45) is -0.102. The van der Waals surface area contributed by atoms with Crippen LogP contribution in [0.15, 0.2) is 17.5 Å². The van der Waals surface area contributed by atoms with Gasteiger partial charge in [0.2, 0.25) is 0 Å². The minimum absolute atomic E-state index is 0.102. The van der Waals surface area contributed by atoms with Gasteiger partial charge in [0.15, 0.2) is 0 Å². The molecule has 0 atom stereocenters. The lowest BCUT2D eigenvalue weighted by Gasteiger charge is -2.31. The number of thiophene rings is 1. The van der Waals surface area contributed by atoms with Gasteiger partial charge in [-0.2, -0.15) is 0 Å². The number of hydrogen-bond acceptors (Lipinski definition) is 5. The van der Waals surface area contributed by atoms with Crippen molar-refractivity contribution < 1.29 is 19.8 Å². The first-order chi connectivity index (χ1) is 6.47. The molecule has 5 heteroatoms. The van der Waals surface area contributed by atoms with E-state index >= 15 is 0 Å². The Bertz CT molecular complexity index is 328. The first-order valence-electron chi connectivity index (χ1n) is 3.92. The van der Waals surface area contributed by atoms with E-state index in [0.29, 0.717) is 4.88 Å². The van der Waals surface area contributed by atoms with E-state index in [1.165, 1.54) is 11.3 Å². The van der Waals surface area contributed by atoms with Crippen LogP contribution in [0.3, 0.4) is 0 Å². The molecule has 1 heterocycles. The van der Waals surface area contributed by atoms with Crippen LogP contribution < -0.4 is 10.2 Å². The second-order valence-electron chi connectivity index (χ2n) is 3.16. The Morgan fingerprint density at radius 3 is 2.36 bits per heavy atom. The summed E-state index contributed by atoms with van der Waals surface area (Å²) in [5.74, 6) is -3.24. The highest BCUT2D eigenvalue weighted by atomic mass is 32.1. The molecule has 0 aliphatic rings. The lowest BCUT2D eigenvalue weighted by molar-refractivity contribution is -0.341. The number of carbonyl (C=O) groups is 2. The monoisotopic (exact) mass is 212 g/mol. The Morgan fingerprint density at radius 2 is 2.00 bits per heavy atom. The van der Waals surface area contributed by atoms with Gasteiger partial charge in [0, 0.05) is 4.88 Å². The number of carboxylic acid groups (broad SMARTS) is 2. The molecule has 0 aliphatic heterocycles. The molecular formula is C9H8O4S-2. The van der Waals surface area contributed by atoms with Crippen molar-refractivity contribution in [2.75, 3.05) is 0 Å². The second kappa shape index (κ2) is 3.79. The topological polar surface area (TPSA) is 80.3 Å². The van der Waals surface area contributed by atoms with Gasteiger partial charge in [-0.3, -0.25) is 0 Å². The maximum Gasteiger partial charge on any atom is 0.0533 e. The van der Waals surface area contributed by atoms with E-state index in [9.17, 15) is 19.8 Å². The summed E-state index contributed by atoms with van der Waals surface area (Å²) in [5.41, 5.74) is -1.95. The van der Waals surface area contributed by atoms with Crippen LogP contribution >= 0.6 is 11.3 Å². The number of aliphatic carboxylic acids is 2. The van der Waals surface area contributed by atoms with Crippen molar-refractivity contribution >= 4 is 23.3 Å². The van der Waals surface area contributed by atoms with Crippen molar-refractivity contribution in [3.8, 4) is 0 Å². The van der Waals surface area contributed by atoms with Gasteiger partial charge in [0.1, 0.15) is 0 Å². The van der Waals surface area contributed by atoms with Crippen LogP contribution in [0.1, 0.15) is 11.8 Å². The molecule has 1 aromatic rings. The molecule has 76 valence electrons. The number of carboxylic acids is 2. The van der Waals surface area contributed by atoms with Crippen LogP contribution in [0.25, 0.3) is 0 Å². The fourth-order valence-corrected chi connectivity index (χ4v) is 1.85. The maximum atomic E-state index is 10.7. The first-order valence-corrected chi connectivity index (χ1v) is 4.80. The molecule has 0 fully saturated rings. The molecule has 0 unspecified atom stereocenters. The molecule has 1 rings (SSSR count). The maximum absolute atomic E-state index is 10.7. The zero-order valence-corrected chi connectivity index (χ0v) is 8.30. The smallest absolute Gasteiger partial charge is 0.0533 e. The quantitative estimate of drug-likeness (QED) is 0.587. The van der Waals surface area contributed by atoms with Crippen LogP contribution in [0.2, 0.25) is 0 Å². The Hall–Kier alpha value is -1.36. The first kappa shape index (κ1) is 10.7. The lowest BCUT2D eigenvalue weighted by atomic mass is 9.86. The average Bonchev–Trinajstić information content (AvgIpc) is 2.55. The van der Waals surface area contributed by atoms with Crippen molar-refractivity contribution in [2.45, 2.75) is 13.3 Å². The fraction of sp³-hybridized carbons (Fsp3) is 0.333. The largest absolute Gasteiger partial charge is 0.549 e. The molecule has 0 N–H and O–H groups in total. The number of hydrogen-bond donors (Lipinski definition) is 0. The molecular weight excluding hydrogens is 204 g/mol. The van der Waals surface area contributed by atoms with Crippen molar-refractivity contribution in [1.29, 1.82) is 0 Å². The molecule has 0 amide bonds. The van der Waals surface area contributed by atoms with Gasteiger partial charge in [-0.25, -0.2) is 0 Å². The molecule has 0 saturated heterocycles. The summed E-state index contributed by atoms with van der Waals surface area (Å²) >= 11 is 1.30. The van der Waals surface area contributed by atoms with E-state index in [1.807, 2.05) is 0 Å². The van der Waals surface area contributed by atoms with Gasteiger partial charge in [-0.15, -0.1) is 11.3 Å². The second-order valence-corrected chi connectivity index (χ2v) is 4.20. The third-order valence-electron chi connectivity index (χ3n) is 2.01. The van der Waals surface area contributed by atoms with Gasteiger partial charge in [-0.05, 0) is 24.8 Å². The molecule has 14 heavy (non-hydrogen) atoms. The summed E-state index contributed by atoms with van der Waals surface area (Å²) in [5, 5.41) is 23.1. The minimum atomic E-state index is -1.95. The Kier molecular flexibility index (Phi) is 2.90. The summed E-state index contributed by atoms with van der Waals surface area (Å²) < 4.78 is 0. The molecule has 0 saturated carbocycles. The van der Waals surface area contributed by atoms with Crippen molar-refractivity contribution in [1.82, 2.24) is 0 Å². The molecule has 1 aromatic heterocycles. The van der Waals surface area contributed by atoms with Gasteiger partial charge < -0.3 is 19.8 Å². The number of carbonyl (C=O) groups excluding carboxylic acids is 2. The van der Waals surface area contributed by atoms with Crippen molar-refractivity contribution in [2.24, 2.45) is 5.41 Å². The summed E-state index contributed by atoms with van der Waals surface area (Å²) in [6.45, 7) is 1.09. The van der Waals surface area contributed by atoms with Gasteiger partial charge in [-0.1, -0.05) is 6.07 Å². The van der Waals surface area contributed by atoms with Crippen LogP contribution in [0.5, 0.6) is 0 Å². The SMILES string of the molecule is CC(Cc1cccs1)(C(=O)[O-])C(=O)[O-]. The highest BCUT2D eigenvalue weighted by molar-refractivity contribution is 7.09. The standard InChI is InChI=1S/C9H10O4S/c1-9(7(10)11,8(12)13)5-6-3-2-4-14-6/h2-4H,5H2,1H3,(H,10,11)(H,12,13)/p-2. The third-order valence-corrected chi connectivity index (χ3v) is 2.89. The average molecular weight is 212 g/mol. The Morgan fingerprint density at radius 1 is 1.43 bits per heavy atom. The molecule has 4 nitrogen and oxygen atoms in total. The van der Waals surface area contributed by atoms with Crippen molar-refractivity contribution in [3.63, 3.8) is 0 Å². The zero-order chi connectivity index (χ0) is 10.8. The number of rotatable bonds is 4. The molecule has 0 radical (unpaired) electrons. The highest BCUT2D eigenvalue weighted by Gasteiger charge is 2.28. The van der Waals surface area contributed by atoms with E-state index in [2.05, 4.69) is 0 Å². The van der Waals surface area contributed by atoms with E-state index < -0.39 is 17.4 Å². The lowest BCUT2D eigenvalue weighted by Crippen LogP contribution is -2.53. The predicted octanol–water partition coefficient (Wildman–Crippen LogP) is -1.20. The minimum Gasteiger partial charge on any atom is -0.549 e. The van der Waals surface area contributed by atoms with Crippen LogP contribution in [-0.4, -0.2) is 11.9 Å². The van der Waals surface area contributed by atoms with Gasteiger partial charge in [0.05, 0.1) is 17.4 Å². The van der Waals surface area contributed by atoms with Crippen LogP contribution in [0.4, 0.5) is 0 Å². The fourth-order valence-electron chi connectivity index (χ4n) is 0.989. The van der Waals surface area contributed by atoms with E-state index in [-0.39, 0.29) is 6.42 Å². The molecule has 0 aromatic carbocycles. The normalized spacial score (nSPS) is 11.2. The summed E-state index contributed by atoms with van der Waals surface area (Å²) in [7, 11) is 0. The highest BCUT2D eigenvalue weighted by Crippen LogP contribution is 2.24. The van der Waals surface area contributed by atoms with E-state index in [0.717, 1.165) is 6.92 Å². The van der Waals surface area contributed by atoms with Crippen LogP contribution in [0, 0.1) is 5.41 Å². The summed E-state index contributed by atoms with van der Waals surface area (Å²) in [6, 6.07) is 3.40. The third kappa shape index (κ3) is 1.93. The Labute approximate surface area is 84.8 Å². The summed E-state index contributed by atoms with van der Waals surface area (Å²) in [4.78, 5) is 22.0. The Balaban J connectivity index is 2.91. The van der Waals surface area contributed by atoms with E-state index in [4.69, 9.17) is 0 Å².